The molecule has 0 radical (unpaired) electrons. The summed E-state index contributed by atoms with van der Waals surface area (Å²) < 4.78 is 12.1. The molecule has 0 aliphatic rings. The molecule has 1 aromatic rings. The molecule has 3 nitrogen and oxygen atoms in total. The fourth-order valence-electron chi connectivity index (χ4n) is 0.853. The van der Waals surface area contributed by atoms with Crippen molar-refractivity contribution in [2.24, 2.45) is 5.92 Å². The number of nitrogens with zero attached hydrogens (tertiary/aromatic N) is 1. The standard InChI is InChI=1S/C8H10FNO2S/c1-5(8(11)12)2-7-10-6(3-9)4-13-7/h4-5H,2-3H2,1H3,(H,11,12). The highest BCUT2D eigenvalue weighted by atomic mass is 32.1. The van der Waals surface area contributed by atoms with E-state index < -0.39 is 18.6 Å². The van der Waals surface area contributed by atoms with Crippen molar-refractivity contribution in [3.05, 3.63) is 16.1 Å². The van der Waals surface area contributed by atoms with Crippen LogP contribution in [0.5, 0.6) is 0 Å². The predicted molar refractivity (Wildman–Crippen MR) is 47.4 cm³/mol. The van der Waals surface area contributed by atoms with Crippen molar-refractivity contribution in [3.63, 3.8) is 0 Å². The number of carboxylic acid groups (broad SMARTS) is 1. The van der Waals surface area contributed by atoms with Gasteiger partial charge in [0.25, 0.3) is 0 Å². The van der Waals surface area contributed by atoms with E-state index in [2.05, 4.69) is 4.98 Å². The average Bonchev–Trinajstić information content (AvgIpc) is 2.52. The SMILES string of the molecule is CC(Cc1nc(CF)cs1)C(=O)O. The topological polar surface area (TPSA) is 50.2 Å². The van der Waals surface area contributed by atoms with Crippen molar-refractivity contribution < 1.29 is 14.3 Å². The molecule has 0 aliphatic heterocycles. The third kappa shape index (κ3) is 2.77. The maximum Gasteiger partial charge on any atom is 0.306 e. The zero-order chi connectivity index (χ0) is 9.84. The van der Waals surface area contributed by atoms with Crippen molar-refractivity contribution in [2.45, 2.75) is 20.0 Å². The highest BCUT2D eigenvalue weighted by Crippen LogP contribution is 2.15. The second-order valence-corrected chi connectivity index (χ2v) is 3.75. The molecule has 1 aromatic heterocycles. The summed E-state index contributed by atoms with van der Waals surface area (Å²) in [4.78, 5) is 14.4. The van der Waals surface area contributed by atoms with E-state index in [1.807, 2.05) is 0 Å². The fourth-order valence-corrected chi connectivity index (χ4v) is 1.76. The lowest BCUT2D eigenvalue weighted by atomic mass is 10.1. The molecular weight excluding hydrogens is 193 g/mol. The van der Waals surface area contributed by atoms with E-state index in [1.165, 1.54) is 11.3 Å². The Labute approximate surface area is 79.2 Å². The van der Waals surface area contributed by atoms with Crippen LogP contribution in [0.4, 0.5) is 4.39 Å². The van der Waals surface area contributed by atoms with Gasteiger partial charge in [0.1, 0.15) is 6.67 Å². The highest BCUT2D eigenvalue weighted by molar-refractivity contribution is 7.09. The Hall–Kier alpha value is -0.970. The molecule has 0 amide bonds. The number of thiazole rings is 1. The van der Waals surface area contributed by atoms with Crippen LogP contribution < -0.4 is 0 Å². The summed E-state index contributed by atoms with van der Waals surface area (Å²) in [6.45, 7) is 1.02. The smallest absolute Gasteiger partial charge is 0.306 e. The normalized spacial score (nSPS) is 12.8. The molecule has 72 valence electrons. The third-order valence-corrected chi connectivity index (χ3v) is 2.56. The summed E-state index contributed by atoms with van der Waals surface area (Å²) in [5, 5.41) is 10.9. The summed E-state index contributed by atoms with van der Waals surface area (Å²) >= 11 is 1.31. The van der Waals surface area contributed by atoms with Crippen LogP contribution in [0.3, 0.4) is 0 Å². The molecule has 0 aliphatic carbocycles. The quantitative estimate of drug-likeness (QED) is 0.812. The van der Waals surface area contributed by atoms with Gasteiger partial charge in [-0.2, -0.15) is 0 Å². The lowest BCUT2D eigenvalue weighted by molar-refractivity contribution is -0.141. The van der Waals surface area contributed by atoms with E-state index in [0.29, 0.717) is 17.1 Å². The van der Waals surface area contributed by atoms with Gasteiger partial charge in [-0.15, -0.1) is 11.3 Å². The van der Waals surface area contributed by atoms with Crippen LogP contribution in [0.25, 0.3) is 0 Å². The minimum Gasteiger partial charge on any atom is -0.481 e. The molecule has 0 spiro atoms. The first-order valence-corrected chi connectivity index (χ1v) is 4.73. The van der Waals surface area contributed by atoms with Crippen LogP contribution in [0, 0.1) is 5.92 Å². The molecule has 1 rings (SSSR count). The van der Waals surface area contributed by atoms with E-state index in [1.54, 1.807) is 12.3 Å². The largest absolute Gasteiger partial charge is 0.481 e. The van der Waals surface area contributed by atoms with Crippen molar-refractivity contribution >= 4 is 17.3 Å². The van der Waals surface area contributed by atoms with Gasteiger partial charge in [0, 0.05) is 11.8 Å². The lowest BCUT2D eigenvalue weighted by Crippen LogP contribution is -2.12. The van der Waals surface area contributed by atoms with Gasteiger partial charge in [-0.25, -0.2) is 9.37 Å². The molecule has 0 aromatic carbocycles. The Balaban J connectivity index is 2.58. The monoisotopic (exact) mass is 203 g/mol. The van der Waals surface area contributed by atoms with Gasteiger partial charge in [0.15, 0.2) is 0 Å². The van der Waals surface area contributed by atoms with Gasteiger partial charge < -0.3 is 5.11 Å². The van der Waals surface area contributed by atoms with Gasteiger partial charge >= 0.3 is 5.97 Å². The van der Waals surface area contributed by atoms with E-state index in [4.69, 9.17) is 5.11 Å². The third-order valence-electron chi connectivity index (χ3n) is 1.64. The van der Waals surface area contributed by atoms with Crippen molar-refractivity contribution in [2.75, 3.05) is 0 Å². The zero-order valence-electron chi connectivity index (χ0n) is 7.16. The summed E-state index contributed by atoms with van der Waals surface area (Å²) in [6.07, 6.45) is 0.375. The summed E-state index contributed by atoms with van der Waals surface area (Å²) in [5.74, 6) is -1.31. The molecule has 1 N–H and O–H groups in total. The number of aliphatic carboxylic acids is 1. The van der Waals surface area contributed by atoms with Gasteiger partial charge in [0.2, 0.25) is 0 Å². The molecule has 1 atom stereocenters. The number of hydrogen-bond acceptors (Lipinski definition) is 3. The maximum atomic E-state index is 12.1. The first kappa shape index (κ1) is 10.1. The minimum absolute atomic E-state index is 0.375. The van der Waals surface area contributed by atoms with E-state index in [9.17, 15) is 9.18 Å². The molecule has 5 heteroatoms. The van der Waals surface area contributed by atoms with E-state index >= 15 is 0 Å². The predicted octanol–water partition coefficient (Wildman–Crippen LogP) is 1.88. The summed E-state index contributed by atoms with van der Waals surface area (Å²) in [5.41, 5.74) is 0.387. The second kappa shape index (κ2) is 4.32. The van der Waals surface area contributed by atoms with Crippen LogP contribution in [0.1, 0.15) is 17.6 Å². The number of rotatable bonds is 4. The van der Waals surface area contributed by atoms with Crippen LogP contribution in [-0.2, 0) is 17.9 Å². The molecule has 0 bridgehead atoms. The Kier molecular flexibility index (Phi) is 3.36. The number of halogens is 1. The summed E-state index contributed by atoms with van der Waals surface area (Å²) in [6, 6.07) is 0. The number of carbonyl (C=O) groups is 1. The molecule has 13 heavy (non-hydrogen) atoms. The number of alkyl halides is 1. The van der Waals surface area contributed by atoms with Crippen molar-refractivity contribution in [3.8, 4) is 0 Å². The summed E-state index contributed by atoms with van der Waals surface area (Å²) in [7, 11) is 0. The fraction of sp³-hybridized carbons (Fsp3) is 0.500. The second-order valence-electron chi connectivity index (χ2n) is 2.81. The molecule has 0 fully saturated rings. The van der Waals surface area contributed by atoms with Crippen LogP contribution >= 0.6 is 11.3 Å². The minimum atomic E-state index is -0.850. The maximum absolute atomic E-state index is 12.1. The molecule has 0 saturated carbocycles. The van der Waals surface area contributed by atoms with Gasteiger partial charge in [0.05, 0.1) is 16.6 Å². The number of carboxylic acids is 1. The van der Waals surface area contributed by atoms with Gasteiger partial charge in [-0.1, -0.05) is 6.92 Å². The van der Waals surface area contributed by atoms with E-state index in [-0.39, 0.29) is 0 Å². The Bertz CT molecular complexity index is 300. The van der Waals surface area contributed by atoms with Gasteiger partial charge in [-0.05, 0) is 0 Å². The molecular formula is C8H10FNO2S. The molecule has 1 unspecified atom stereocenters. The number of aromatic nitrogens is 1. The Morgan fingerprint density at radius 1 is 1.85 bits per heavy atom. The van der Waals surface area contributed by atoms with E-state index in [0.717, 1.165) is 0 Å². The van der Waals surface area contributed by atoms with Crippen LogP contribution in [0.15, 0.2) is 5.38 Å². The van der Waals surface area contributed by atoms with Crippen molar-refractivity contribution in [1.29, 1.82) is 0 Å². The van der Waals surface area contributed by atoms with Crippen LogP contribution in [-0.4, -0.2) is 16.1 Å². The average molecular weight is 203 g/mol. The Morgan fingerprint density at radius 3 is 3.00 bits per heavy atom. The molecule has 0 saturated heterocycles. The first-order chi connectivity index (χ1) is 6.13. The van der Waals surface area contributed by atoms with Crippen LogP contribution in [0.2, 0.25) is 0 Å². The lowest BCUT2D eigenvalue weighted by Gasteiger charge is -2.01. The highest BCUT2D eigenvalue weighted by Gasteiger charge is 2.13. The van der Waals surface area contributed by atoms with Gasteiger partial charge in [-0.3, -0.25) is 4.79 Å². The molecule has 1 heterocycles. The Morgan fingerprint density at radius 2 is 2.54 bits per heavy atom. The number of hydrogen-bond donors (Lipinski definition) is 1. The first-order valence-electron chi connectivity index (χ1n) is 3.85. The van der Waals surface area contributed by atoms with Crippen molar-refractivity contribution in [1.82, 2.24) is 4.98 Å². The zero-order valence-corrected chi connectivity index (χ0v) is 7.97.